The van der Waals surface area contributed by atoms with Crippen LogP contribution in [0.25, 0.3) is 11.1 Å². The fourth-order valence-corrected chi connectivity index (χ4v) is 1.93. The van der Waals surface area contributed by atoms with Crippen LogP contribution >= 0.6 is 0 Å². The van der Waals surface area contributed by atoms with Gasteiger partial charge in [-0.05, 0) is 37.7 Å². The number of oxazole rings is 1. The number of hydrogen-bond acceptors (Lipinski definition) is 4. The molecule has 1 heterocycles. The van der Waals surface area contributed by atoms with Crippen molar-refractivity contribution in [2.24, 2.45) is 0 Å². The summed E-state index contributed by atoms with van der Waals surface area (Å²) in [6.45, 7) is 6.36. The molecule has 0 unspecified atom stereocenters. The van der Waals surface area contributed by atoms with Crippen LogP contribution in [0.2, 0.25) is 0 Å². The Morgan fingerprint density at radius 2 is 2.22 bits per heavy atom. The molecule has 2 rings (SSSR count). The van der Waals surface area contributed by atoms with Crippen molar-refractivity contribution in [3.05, 3.63) is 30.2 Å². The molecule has 0 radical (unpaired) electrons. The maximum Gasteiger partial charge on any atom is 0.181 e. The van der Waals surface area contributed by atoms with Crippen LogP contribution in [0.15, 0.2) is 29.0 Å². The van der Waals surface area contributed by atoms with E-state index in [2.05, 4.69) is 41.3 Å². The first-order valence-corrected chi connectivity index (χ1v) is 6.51. The summed E-state index contributed by atoms with van der Waals surface area (Å²) in [6.07, 6.45) is 2.54. The van der Waals surface area contributed by atoms with E-state index in [0.717, 1.165) is 43.7 Å². The minimum absolute atomic E-state index is 0.878. The average molecular weight is 247 g/mol. The molecule has 1 N–H and O–H groups in total. The van der Waals surface area contributed by atoms with E-state index in [9.17, 15) is 0 Å². The molecule has 1 aromatic carbocycles. The molecule has 0 amide bonds. The molecular formula is C14H21N3O. The van der Waals surface area contributed by atoms with Gasteiger partial charge >= 0.3 is 0 Å². The third-order valence-electron chi connectivity index (χ3n) is 3.10. The van der Waals surface area contributed by atoms with E-state index in [1.165, 1.54) is 12.0 Å². The van der Waals surface area contributed by atoms with Crippen LogP contribution in [0.1, 0.15) is 12.5 Å². The molecule has 0 aliphatic heterocycles. The fraction of sp³-hybridized carbons (Fsp3) is 0.500. The SMILES string of the molecule is CCNCCN(C)CCc1ccc2ncoc2c1. The number of aromatic nitrogens is 1. The molecule has 0 spiro atoms. The summed E-state index contributed by atoms with van der Waals surface area (Å²) >= 11 is 0. The first-order valence-electron chi connectivity index (χ1n) is 6.51. The summed E-state index contributed by atoms with van der Waals surface area (Å²) in [5.74, 6) is 0. The summed E-state index contributed by atoms with van der Waals surface area (Å²) in [7, 11) is 2.16. The van der Waals surface area contributed by atoms with Crippen LogP contribution in [0, 0.1) is 0 Å². The van der Waals surface area contributed by atoms with Gasteiger partial charge in [0, 0.05) is 19.6 Å². The monoisotopic (exact) mass is 247 g/mol. The van der Waals surface area contributed by atoms with Crippen molar-refractivity contribution in [2.75, 3.05) is 33.2 Å². The highest BCUT2D eigenvalue weighted by molar-refractivity contribution is 5.72. The molecule has 0 saturated carbocycles. The van der Waals surface area contributed by atoms with Crippen molar-refractivity contribution in [3.63, 3.8) is 0 Å². The lowest BCUT2D eigenvalue weighted by molar-refractivity contribution is 0.337. The summed E-state index contributed by atoms with van der Waals surface area (Å²) in [6, 6.07) is 6.23. The first-order chi connectivity index (χ1) is 8.79. The van der Waals surface area contributed by atoms with Crippen LogP contribution in [0.5, 0.6) is 0 Å². The van der Waals surface area contributed by atoms with Gasteiger partial charge in [0.25, 0.3) is 0 Å². The maximum absolute atomic E-state index is 5.31. The Morgan fingerprint density at radius 1 is 1.33 bits per heavy atom. The standard InChI is InChI=1S/C14H21N3O/c1-3-15-7-9-17(2)8-6-12-4-5-13-14(10-12)18-11-16-13/h4-5,10-11,15H,3,6-9H2,1-2H3. The fourth-order valence-electron chi connectivity index (χ4n) is 1.93. The molecule has 18 heavy (non-hydrogen) atoms. The van der Waals surface area contributed by atoms with E-state index in [1.54, 1.807) is 0 Å². The van der Waals surface area contributed by atoms with Crippen molar-refractivity contribution in [1.29, 1.82) is 0 Å². The van der Waals surface area contributed by atoms with Gasteiger partial charge in [-0.15, -0.1) is 0 Å². The highest BCUT2D eigenvalue weighted by Gasteiger charge is 2.02. The largest absolute Gasteiger partial charge is 0.443 e. The van der Waals surface area contributed by atoms with Gasteiger partial charge in [0.1, 0.15) is 5.52 Å². The molecule has 4 heteroatoms. The minimum atomic E-state index is 0.878. The zero-order valence-electron chi connectivity index (χ0n) is 11.1. The molecule has 0 atom stereocenters. The van der Waals surface area contributed by atoms with E-state index in [-0.39, 0.29) is 0 Å². The molecule has 0 saturated heterocycles. The summed E-state index contributed by atoms with van der Waals surface area (Å²) in [5, 5.41) is 3.33. The number of likely N-dealkylation sites (N-methyl/N-ethyl adjacent to an activating group) is 2. The van der Waals surface area contributed by atoms with Crippen LogP contribution in [0.4, 0.5) is 0 Å². The van der Waals surface area contributed by atoms with E-state index in [1.807, 2.05) is 6.07 Å². The van der Waals surface area contributed by atoms with Crippen LogP contribution in [-0.2, 0) is 6.42 Å². The zero-order chi connectivity index (χ0) is 12.8. The summed E-state index contributed by atoms with van der Waals surface area (Å²) in [4.78, 5) is 6.46. The highest BCUT2D eigenvalue weighted by atomic mass is 16.3. The molecule has 2 aromatic rings. The zero-order valence-corrected chi connectivity index (χ0v) is 11.1. The predicted octanol–water partition coefficient (Wildman–Crippen LogP) is 1.91. The molecular weight excluding hydrogens is 226 g/mol. The lowest BCUT2D eigenvalue weighted by Gasteiger charge is -2.16. The molecule has 0 aliphatic rings. The Labute approximate surface area is 108 Å². The lowest BCUT2D eigenvalue weighted by Crippen LogP contribution is -2.30. The van der Waals surface area contributed by atoms with Crippen LogP contribution < -0.4 is 5.32 Å². The number of nitrogens with zero attached hydrogens (tertiary/aromatic N) is 2. The smallest absolute Gasteiger partial charge is 0.181 e. The second-order valence-corrected chi connectivity index (χ2v) is 4.56. The van der Waals surface area contributed by atoms with Crippen LogP contribution in [0.3, 0.4) is 0 Å². The molecule has 1 aromatic heterocycles. The van der Waals surface area contributed by atoms with Gasteiger partial charge in [0.15, 0.2) is 12.0 Å². The Hall–Kier alpha value is -1.39. The number of hydrogen-bond donors (Lipinski definition) is 1. The van der Waals surface area contributed by atoms with Crippen molar-refractivity contribution in [3.8, 4) is 0 Å². The van der Waals surface area contributed by atoms with E-state index in [0.29, 0.717) is 0 Å². The summed E-state index contributed by atoms with van der Waals surface area (Å²) < 4.78 is 5.31. The van der Waals surface area contributed by atoms with Gasteiger partial charge in [-0.3, -0.25) is 0 Å². The van der Waals surface area contributed by atoms with E-state index >= 15 is 0 Å². The molecule has 0 aliphatic carbocycles. The van der Waals surface area contributed by atoms with Gasteiger partial charge in [-0.25, -0.2) is 4.98 Å². The second-order valence-electron chi connectivity index (χ2n) is 4.56. The Morgan fingerprint density at radius 3 is 3.06 bits per heavy atom. The van der Waals surface area contributed by atoms with Crippen molar-refractivity contribution >= 4 is 11.1 Å². The first kappa shape index (κ1) is 13.1. The number of benzene rings is 1. The molecule has 0 fully saturated rings. The maximum atomic E-state index is 5.31. The van der Waals surface area contributed by atoms with Crippen LogP contribution in [-0.4, -0.2) is 43.1 Å². The Kier molecular flexibility index (Phi) is 4.73. The van der Waals surface area contributed by atoms with Crippen molar-refractivity contribution in [1.82, 2.24) is 15.2 Å². The van der Waals surface area contributed by atoms with Gasteiger partial charge in [-0.2, -0.15) is 0 Å². The second kappa shape index (κ2) is 6.52. The van der Waals surface area contributed by atoms with Crippen molar-refractivity contribution < 1.29 is 4.42 Å². The Bertz CT molecular complexity index is 481. The minimum Gasteiger partial charge on any atom is -0.443 e. The van der Waals surface area contributed by atoms with E-state index in [4.69, 9.17) is 4.42 Å². The number of nitrogens with one attached hydrogen (secondary N) is 1. The lowest BCUT2D eigenvalue weighted by atomic mass is 10.1. The number of fused-ring (bicyclic) bond motifs is 1. The quantitative estimate of drug-likeness (QED) is 0.759. The summed E-state index contributed by atoms with van der Waals surface area (Å²) in [5.41, 5.74) is 3.11. The highest BCUT2D eigenvalue weighted by Crippen LogP contribution is 2.14. The van der Waals surface area contributed by atoms with Gasteiger partial charge in [-0.1, -0.05) is 13.0 Å². The van der Waals surface area contributed by atoms with Crippen molar-refractivity contribution in [2.45, 2.75) is 13.3 Å². The van der Waals surface area contributed by atoms with Gasteiger partial charge in [0.05, 0.1) is 0 Å². The topological polar surface area (TPSA) is 41.3 Å². The molecule has 4 nitrogen and oxygen atoms in total. The predicted molar refractivity (Wildman–Crippen MR) is 73.8 cm³/mol. The van der Waals surface area contributed by atoms with Gasteiger partial charge in [0.2, 0.25) is 0 Å². The average Bonchev–Trinajstić information content (AvgIpc) is 2.84. The third-order valence-corrected chi connectivity index (χ3v) is 3.10. The normalized spacial score (nSPS) is 11.5. The third kappa shape index (κ3) is 3.55. The number of rotatable bonds is 7. The van der Waals surface area contributed by atoms with E-state index < -0.39 is 0 Å². The molecule has 98 valence electrons. The Balaban J connectivity index is 1.81. The molecule has 0 bridgehead atoms. The van der Waals surface area contributed by atoms with Gasteiger partial charge < -0.3 is 14.6 Å².